The van der Waals surface area contributed by atoms with Crippen molar-refractivity contribution < 1.29 is 23.0 Å². The van der Waals surface area contributed by atoms with Gasteiger partial charge in [0.25, 0.3) is 0 Å². The first-order valence-electron chi connectivity index (χ1n) is 15.5. The highest BCUT2D eigenvalue weighted by Crippen LogP contribution is 2.42. The Kier molecular flexibility index (Phi) is 10.5. The number of fused-ring (bicyclic) bond motifs is 1. The Morgan fingerprint density at radius 2 is 1.49 bits per heavy atom. The minimum atomic E-state index is -1.06. The van der Waals surface area contributed by atoms with Crippen LogP contribution in [0.25, 0.3) is 22.2 Å². The fourth-order valence-corrected chi connectivity index (χ4v) is 6.97. The lowest BCUT2D eigenvalue weighted by Gasteiger charge is -2.30. The molecule has 9 nitrogen and oxygen atoms in total. The molecule has 1 saturated heterocycles. The number of ether oxygens (including phenoxy) is 3. The molecule has 1 fully saturated rings. The van der Waals surface area contributed by atoms with Gasteiger partial charge in [-0.2, -0.15) is 19.6 Å². The molecule has 49 heavy (non-hydrogen) atoms. The standard InChI is InChI=1S/C36H32ClF2IN6O3/c1-47-24-8-4-22(5-9-24)19-46(20-23-6-10-25(48-2)11-7-23)29-17-28(49-3)32(40)34(42-29)30-27(37)16-26-33(31(30)38)43-36(39)44-35(26)45-14-12-21(18-41)13-15-45/h4-11,16-17,21H,12-15,19-20H2,1-3H3. The zero-order chi connectivity index (χ0) is 34.7. The van der Waals surface area contributed by atoms with Crippen LogP contribution in [0.2, 0.25) is 5.02 Å². The van der Waals surface area contributed by atoms with E-state index in [1.165, 1.54) is 7.11 Å². The average molecular weight is 797 g/mol. The van der Waals surface area contributed by atoms with Crippen LogP contribution < -0.4 is 24.0 Å². The summed E-state index contributed by atoms with van der Waals surface area (Å²) in [5.41, 5.74) is 1.97. The number of nitrogens with zero attached hydrogens (tertiary/aromatic N) is 6. The third-order valence-corrected chi connectivity index (χ3v) is 9.91. The van der Waals surface area contributed by atoms with E-state index in [0.717, 1.165) is 22.6 Å². The van der Waals surface area contributed by atoms with Gasteiger partial charge in [0.05, 0.1) is 47.2 Å². The van der Waals surface area contributed by atoms with Gasteiger partial charge in [-0.1, -0.05) is 35.9 Å². The van der Waals surface area contributed by atoms with E-state index < -0.39 is 11.9 Å². The molecule has 0 bridgehead atoms. The summed E-state index contributed by atoms with van der Waals surface area (Å²) in [5, 5.41) is 9.67. The second-order valence-corrected chi connectivity index (χ2v) is 13.0. The van der Waals surface area contributed by atoms with Gasteiger partial charge in [0.2, 0.25) is 0 Å². The predicted octanol–water partition coefficient (Wildman–Crippen LogP) is 8.20. The van der Waals surface area contributed by atoms with Crippen LogP contribution in [-0.4, -0.2) is 49.4 Å². The van der Waals surface area contributed by atoms with Crippen molar-refractivity contribution in [3.63, 3.8) is 0 Å². The Balaban J connectivity index is 1.47. The SMILES string of the molecule is COc1ccc(CN(Cc2ccc(OC)cc2)c2cc(OC)c(I)c(-c3c(Cl)cc4c(N5CCC(C#N)CC5)nc(F)nc4c3F)n2)cc1. The molecular weight excluding hydrogens is 765 g/mol. The lowest BCUT2D eigenvalue weighted by Crippen LogP contribution is -2.34. The second-order valence-electron chi connectivity index (χ2n) is 11.5. The van der Waals surface area contributed by atoms with Crippen molar-refractivity contribution in [2.24, 2.45) is 5.92 Å². The normalized spacial score (nSPS) is 13.3. The maximum absolute atomic E-state index is 16.7. The number of methoxy groups -OCH3 is 3. The number of anilines is 2. The molecule has 0 aliphatic carbocycles. The summed E-state index contributed by atoms with van der Waals surface area (Å²) in [6.07, 6.45) is 0.128. The number of aromatic nitrogens is 3. The van der Waals surface area contributed by atoms with Crippen LogP contribution >= 0.6 is 34.2 Å². The van der Waals surface area contributed by atoms with E-state index in [0.29, 0.717) is 54.2 Å². The minimum Gasteiger partial charge on any atom is -0.497 e. The van der Waals surface area contributed by atoms with Crippen molar-refractivity contribution in [2.75, 3.05) is 44.2 Å². The number of benzene rings is 3. The van der Waals surface area contributed by atoms with Crippen LogP contribution in [0.3, 0.4) is 0 Å². The first kappa shape index (κ1) is 34.4. The molecule has 0 N–H and O–H groups in total. The lowest BCUT2D eigenvalue weighted by atomic mass is 9.98. The molecule has 5 aromatic rings. The number of hydrogen-bond acceptors (Lipinski definition) is 9. The highest BCUT2D eigenvalue weighted by atomic mass is 127. The summed E-state index contributed by atoms with van der Waals surface area (Å²) in [6.45, 7) is 1.85. The lowest BCUT2D eigenvalue weighted by molar-refractivity contribution is 0.411. The van der Waals surface area contributed by atoms with E-state index in [9.17, 15) is 9.65 Å². The van der Waals surface area contributed by atoms with E-state index in [-0.39, 0.29) is 38.9 Å². The van der Waals surface area contributed by atoms with Crippen LogP contribution in [0, 0.1) is 32.7 Å². The van der Waals surface area contributed by atoms with Crippen molar-refractivity contribution in [2.45, 2.75) is 25.9 Å². The summed E-state index contributed by atoms with van der Waals surface area (Å²) in [7, 11) is 4.77. The zero-order valence-corrected chi connectivity index (χ0v) is 29.9. The van der Waals surface area contributed by atoms with E-state index >= 15 is 4.39 Å². The highest BCUT2D eigenvalue weighted by Gasteiger charge is 2.28. The number of piperidine rings is 1. The van der Waals surface area contributed by atoms with Gasteiger partial charge in [0.15, 0.2) is 5.82 Å². The van der Waals surface area contributed by atoms with Crippen LogP contribution in [-0.2, 0) is 13.1 Å². The molecule has 0 spiro atoms. The number of nitriles is 1. The molecule has 252 valence electrons. The number of hydrogen-bond donors (Lipinski definition) is 0. The van der Waals surface area contributed by atoms with Gasteiger partial charge >= 0.3 is 6.08 Å². The van der Waals surface area contributed by atoms with E-state index in [1.54, 1.807) is 26.4 Å². The van der Waals surface area contributed by atoms with Crippen LogP contribution in [0.4, 0.5) is 20.4 Å². The molecule has 13 heteroatoms. The van der Waals surface area contributed by atoms with Crippen molar-refractivity contribution in [3.8, 4) is 34.6 Å². The smallest absolute Gasteiger partial charge is 0.311 e. The van der Waals surface area contributed by atoms with Crippen LogP contribution in [0.1, 0.15) is 24.0 Å². The summed E-state index contributed by atoms with van der Waals surface area (Å²) in [6, 6.07) is 21.1. The van der Waals surface area contributed by atoms with Gasteiger partial charge in [0.1, 0.15) is 34.4 Å². The van der Waals surface area contributed by atoms with Crippen LogP contribution in [0.5, 0.6) is 17.2 Å². The Bertz CT molecular complexity index is 1970. The van der Waals surface area contributed by atoms with Gasteiger partial charge in [-0.15, -0.1) is 0 Å². The second kappa shape index (κ2) is 15.0. The molecule has 0 saturated carbocycles. The molecule has 0 radical (unpaired) electrons. The average Bonchev–Trinajstić information content (AvgIpc) is 3.12. The molecule has 3 aromatic carbocycles. The highest BCUT2D eigenvalue weighted by molar-refractivity contribution is 14.1. The van der Waals surface area contributed by atoms with Gasteiger partial charge in [-0.05, 0) is 76.9 Å². The molecule has 0 amide bonds. The Labute approximate surface area is 301 Å². The molecule has 1 aliphatic heterocycles. The quantitative estimate of drug-likeness (QED) is 0.102. The third kappa shape index (κ3) is 7.28. The summed E-state index contributed by atoms with van der Waals surface area (Å²) in [5.74, 6) is 1.76. The monoisotopic (exact) mass is 796 g/mol. The predicted molar refractivity (Wildman–Crippen MR) is 193 cm³/mol. The van der Waals surface area contributed by atoms with Crippen molar-refractivity contribution >= 4 is 56.7 Å². The number of halogens is 4. The molecule has 2 aromatic heterocycles. The minimum absolute atomic E-state index is 0.0280. The summed E-state index contributed by atoms with van der Waals surface area (Å²) >= 11 is 8.94. The van der Waals surface area contributed by atoms with E-state index in [1.807, 2.05) is 58.3 Å². The maximum Gasteiger partial charge on any atom is 0.311 e. The first-order valence-corrected chi connectivity index (χ1v) is 16.9. The van der Waals surface area contributed by atoms with Gasteiger partial charge < -0.3 is 24.0 Å². The molecular formula is C36H32ClF2IN6O3. The Hall–Kier alpha value is -4.48. The number of pyridine rings is 1. The number of rotatable bonds is 10. The van der Waals surface area contributed by atoms with Crippen LogP contribution in [0.15, 0.2) is 60.7 Å². The van der Waals surface area contributed by atoms with Crippen molar-refractivity contribution in [1.29, 1.82) is 5.26 Å². The summed E-state index contributed by atoms with van der Waals surface area (Å²) < 4.78 is 48.6. The topological polar surface area (TPSA) is 96.6 Å². The van der Waals surface area contributed by atoms with Crippen molar-refractivity contribution in [1.82, 2.24) is 15.0 Å². The van der Waals surface area contributed by atoms with E-state index in [4.69, 9.17) is 30.8 Å². The molecule has 1 aliphatic rings. The van der Waals surface area contributed by atoms with Crippen molar-refractivity contribution in [3.05, 3.63) is 92.3 Å². The Morgan fingerprint density at radius 1 is 0.898 bits per heavy atom. The maximum atomic E-state index is 16.7. The fourth-order valence-electron chi connectivity index (χ4n) is 5.92. The van der Waals surface area contributed by atoms with E-state index in [2.05, 4.69) is 38.6 Å². The Morgan fingerprint density at radius 3 is 2.02 bits per heavy atom. The third-order valence-electron chi connectivity index (χ3n) is 8.57. The zero-order valence-electron chi connectivity index (χ0n) is 27.0. The molecule has 6 rings (SSSR count). The van der Waals surface area contributed by atoms with Gasteiger partial charge in [-0.25, -0.2) is 9.37 Å². The summed E-state index contributed by atoms with van der Waals surface area (Å²) in [4.78, 5) is 16.8. The molecule has 0 unspecified atom stereocenters. The van der Waals surface area contributed by atoms with Gasteiger partial charge in [0, 0.05) is 43.5 Å². The fraction of sp³-hybridized carbons (Fsp3) is 0.278. The first-order chi connectivity index (χ1) is 23.7. The largest absolute Gasteiger partial charge is 0.497 e. The molecule has 3 heterocycles. The van der Waals surface area contributed by atoms with Gasteiger partial charge in [-0.3, -0.25) is 0 Å². The molecule has 0 atom stereocenters.